The Bertz CT molecular complexity index is 979. The fourth-order valence-electron chi connectivity index (χ4n) is 3.48. The number of fused-ring (bicyclic) bond motifs is 1. The van der Waals surface area contributed by atoms with Crippen molar-refractivity contribution in [1.29, 1.82) is 0 Å². The van der Waals surface area contributed by atoms with Gasteiger partial charge in [-0.3, -0.25) is 9.51 Å². The van der Waals surface area contributed by atoms with Crippen molar-refractivity contribution < 1.29 is 9.23 Å². The fourth-order valence-corrected chi connectivity index (χ4v) is 3.64. The first-order valence-corrected chi connectivity index (χ1v) is 9.01. The van der Waals surface area contributed by atoms with Gasteiger partial charge in [-0.1, -0.05) is 24.4 Å². The Morgan fingerprint density at radius 3 is 2.89 bits per heavy atom. The van der Waals surface area contributed by atoms with Gasteiger partial charge in [0.15, 0.2) is 23.1 Å². The van der Waals surface area contributed by atoms with Gasteiger partial charge in [0.05, 0.1) is 23.4 Å². The second-order valence-electron chi connectivity index (χ2n) is 6.57. The van der Waals surface area contributed by atoms with Crippen LogP contribution < -0.4 is 17.1 Å². The highest BCUT2D eigenvalue weighted by molar-refractivity contribution is 6.31. The molecule has 1 fully saturated rings. The lowest BCUT2D eigenvalue weighted by atomic mass is 9.92. The molecule has 1 aliphatic rings. The molecule has 5 N–H and O–H groups in total. The SMILES string of the molecule is NOC1CCCCC1Nc1nc(-c2cn(N)c3ncc(Cl)cc23)ncc1F. The average Bonchev–Trinajstić information content (AvgIpc) is 3.00. The minimum atomic E-state index is -0.548. The zero-order chi connectivity index (χ0) is 19.0. The lowest BCUT2D eigenvalue weighted by molar-refractivity contribution is 0.0192. The third-order valence-electron chi connectivity index (χ3n) is 4.82. The molecule has 3 aromatic heterocycles. The van der Waals surface area contributed by atoms with Gasteiger partial charge in [0, 0.05) is 23.3 Å². The van der Waals surface area contributed by atoms with Crippen molar-refractivity contribution in [3.8, 4) is 11.4 Å². The molecule has 142 valence electrons. The summed E-state index contributed by atoms with van der Waals surface area (Å²) >= 11 is 6.05. The topological polar surface area (TPSA) is 117 Å². The Morgan fingerprint density at radius 2 is 2.07 bits per heavy atom. The maximum absolute atomic E-state index is 14.3. The van der Waals surface area contributed by atoms with E-state index in [9.17, 15) is 4.39 Å². The summed E-state index contributed by atoms with van der Waals surface area (Å²) in [7, 11) is 0. The van der Waals surface area contributed by atoms with Crippen LogP contribution in [0.1, 0.15) is 25.7 Å². The molecule has 0 amide bonds. The van der Waals surface area contributed by atoms with E-state index in [0.717, 1.165) is 31.9 Å². The molecule has 2 atom stereocenters. The number of hydrogen-bond donors (Lipinski definition) is 3. The molecule has 4 rings (SSSR count). The van der Waals surface area contributed by atoms with Gasteiger partial charge in [-0.25, -0.2) is 25.2 Å². The first kappa shape index (κ1) is 17.9. The van der Waals surface area contributed by atoms with Crippen LogP contribution in [0.3, 0.4) is 0 Å². The molecule has 3 aromatic rings. The molecule has 0 aromatic carbocycles. The number of nitrogens with two attached hydrogens (primary N) is 2. The normalized spacial score (nSPS) is 20.1. The van der Waals surface area contributed by atoms with E-state index in [1.165, 1.54) is 10.9 Å². The minimum Gasteiger partial charge on any atom is -0.362 e. The van der Waals surface area contributed by atoms with Crippen molar-refractivity contribution >= 4 is 28.5 Å². The summed E-state index contributed by atoms with van der Waals surface area (Å²) in [5.41, 5.74) is 1.14. The Morgan fingerprint density at radius 1 is 1.26 bits per heavy atom. The number of pyridine rings is 1. The molecule has 1 saturated carbocycles. The molecule has 8 nitrogen and oxygen atoms in total. The number of nitrogen functional groups attached to an aromatic ring is 1. The highest BCUT2D eigenvalue weighted by atomic mass is 35.5. The minimum absolute atomic E-state index is 0.0989. The van der Waals surface area contributed by atoms with E-state index in [1.54, 1.807) is 12.3 Å². The first-order chi connectivity index (χ1) is 13.1. The van der Waals surface area contributed by atoms with Gasteiger partial charge < -0.3 is 11.2 Å². The van der Waals surface area contributed by atoms with E-state index in [2.05, 4.69) is 20.3 Å². The van der Waals surface area contributed by atoms with Crippen molar-refractivity contribution in [2.45, 2.75) is 37.8 Å². The summed E-state index contributed by atoms with van der Waals surface area (Å²) in [6.07, 6.45) is 7.77. The van der Waals surface area contributed by atoms with E-state index in [1.807, 2.05) is 0 Å². The molecular formula is C17H19ClFN7O. The molecule has 1 aliphatic carbocycles. The number of rotatable bonds is 4. The molecular weight excluding hydrogens is 373 g/mol. The van der Waals surface area contributed by atoms with Gasteiger partial charge in [-0.15, -0.1) is 0 Å². The second kappa shape index (κ2) is 7.26. The summed E-state index contributed by atoms with van der Waals surface area (Å²) in [6.45, 7) is 0. The van der Waals surface area contributed by atoms with Gasteiger partial charge in [0.2, 0.25) is 0 Å². The predicted molar refractivity (Wildman–Crippen MR) is 101 cm³/mol. The summed E-state index contributed by atoms with van der Waals surface area (Å²) in [4.78, 5) is 17.7. The van der Waals surface area contributed by atoms with Gasteiger partial charge in [0.1, 0.15) is 0 Å². The standard InChI is InChI=1S/C17H19ClFN7O/c18-9-5-10-11(8-26(20)17(10)23-6-9)15-22-7-12(19)16(25-15)24-13-3-1-2-4-14(13)27-21/h5-8,13-14H,1-4,20-21H2,(H,22,24,25). The highest BCUT2D eigenvalue weighted by Gasteiger charge is 2.27. The molecule has 10 heteroatoms. The van der Waals surface area contributed by atoms with Crippen LogP contribution in [-0.4, -0.2) is 31.8 Å². The van der Waals surface area contributed by atoms with Crippen molar-refractivity contribution in [2.75, 3.05) is 11.2 Å². The van der Waals surface area contributed by atoms with Crippen LogP contribution in [0.15, 0.2) is 24.7 Å². The van der Waals surface area contributed by atoms with Gasteiger partial charge >= 0.3 is 0 Å². The van der Waals surface area contributed by atoms with Crippen molar-refractivity contribution in [3.63, 3.8) is 0 Å². The van der Waals surface area contributed by atoms with Crippen LogP contribution in [0.25, 0.3) is 22.4 Å². The van der Waals surface area contributed by atoms with Crippen molar-refractivity contribution in [2.24, 2.45) is 5.90 Å². The third kappa shape index (κ3) is 3.41. The second-order valence-corrected chi connectivity index (χ2v) is 7.01. The smallest absolute Gasteiger partial charge is 0.183 e. The first-order valence-electron chi connectivity index (χ1n) is 8.63. The highest BCUT2D eigenvalue weighted by Crippen LogP contribution is 2.30. The van der Waals surface area contributed by atoms with Gasteiger partial charge in [0.25, 0.3) is 0 Å². The molecule has 0 radical (unpaired) electrons. The lowest BCUT2D eigenvalue weighted by Gasteiger charge is -2.30. The van der Waals surface area contributed by atoms with Crippen LogP contribution in [0.2, 0.25) is 5.02 Å². The number of nitrogens with zero attached hydrogens (tertiary/aromatic N) is 4. The molecule has 2 unspecified atom stereocenters. The number of halogens is 2. The lowest BCUT2D eigenvalue weighted by Crippen LogP contribution is -2.40. The number of hydrogen-bond acceptors (Lipinski definition) is 7. The number of nitrogens with one attached hydrogen (secondary N) is 1. The van der Waals surface area contributed by atoms with Crippen LogP contribution in [0.4, 0.5) is 10.2 Å². The predicted octanol–water partition coefficient (Wildman–Crippen LogP) is 2.61. The largest absolute Gasteiger partial charge is 0.362 e. The average molecular weight is 392 g/mol. The Labute approximate surface area is 159 Å². The fraction of sp³-hybridized carbons (Fsp3) is 0.353. The molecule has 0 saturated heterocycles. The molecule has 0 aliphatic heterocycles. The maximum Gasteiger partial charge on any atom is 0.183 e. The molecule has 27 heavy (non-hydrogen) atoms. The molecule has 0 spiro atoms. The Kier molecular flexibility index (Phi) is 4.81. The van der Waals surface area contributed by atoms with E-state index in [0.29, 0.717) is 27.4 Å². The summed E-state index contributed by atoms with van der Waals surface area (Å²) in [6, 6.07) is 1.61. The molecule has 3 heterocycles. The van der Waals surface area contributed by atoms with E-state index in [4.69, 9.17) is 28.2 Å². The number of anilines is 1. The summed E-state index contributed by atoms with van der Waals surface area (Å²) in [5.74, 6) is 11.2. The van der Waals surface area contributed by atoms with E-state index < -0.39 is 5.82 Å². The van der Waals surface area contributed by atoms with Gasteiger partial charge in [-0.2, -0.15) is 0 Å². The maximum atomic E-state index is 14.3. The number of aromatic nitrogens is 4. The van der Waals surface area contributed by atoms with Crippen LogP contribution >= 0.6 is 11.6 Å². The van der Waals surface area contributed by atoms with Crippen LogP contribution in [-0.2, 0) is 4.84 Å². The zero-order valence-electron chi connectivity index (χ0n) is 14.4. The van der Waals surface area contributed by atoms with Crippen molar-refractivity contribution in [1.82, 2.24) is 19.6 Å². The molecule has 0 bridgehead atoms. The van der Waals surface area contributed by atoms with E-state index in [-0.39, 0.29) is 18.0 Å². The quantitative estimate of drug-likeness (QED) is 0.462. The van der Waals surface area contributed by atoms with Gasteiger partial charge in [-0.05, 0) is 18.9 Å². The van der Waals surface area contributed by atoms with Crippen molar-refractivity contribution in [3.05, 3.63) is 35.5 Å². The van der Waals surface area contributed by atoms with E-state index >= 15 is 0 Å². The monoisotopic (exact) mass is 391 g/mol. The summed E-state index contributed by atoms with van der Waals surface area (Å²) < 4.78 is 15.7. The third-order valence-corrected chi connectivity index (χ3v) is 5.03. The van der Waals surface area contributed by atoms with Crippen LogP contribution in [0, 0.1) is 5.82 Å². The zero-order valence-corrected chi connectivity index (χ0v) is 15.2. The summed E-state index contributed by atoms with van der Waals surface area (Å²) in [5, 5.41) is 4.26. The Hall–Kier alpha value is -2.49. The van der Waals surface area contributed by atoms with Crippen LogP contribution in [0.5, 0.6) is 0 Å². The Balaban J connectivity index is 1.72.